The van der Waals surface area contributed by atoms with Gasteiger partial charge in [0.05, 0.1) is 0 Å². The van der Waals surface area contributed by atoms with E-state index in [1.54, 1.807) is 0 Å². The summed E-state index contributed by atoms with van der Waals surface area (Å²) in [5, 5.41) is 0. The molecule has 21 heavy (non-hydrogen) atoms. The number of rotatable bonds is 3. The SMILES string of the molecule is CC(C)(C)C(=O)Cc1ccccc1C(=O)N1CCCCC1. The summed E-state index contributed by atoms with van der Waals surface area (Å²) in [6.07, 6.45) is 3.69. The lowest BCUT2D eigenvalue weighted by Gasteiger charge is -2.27. The molecule has 1 aromatic carbocycles. The average Bonchev–Trinajstić information content (AvgIpc) is 2.47. The van der Waals surface area contributed by atoms with Crippen LogP contribution in [0.1, 0.15) is 56.0 Å². The highest BCUT2D eigenvalue weighted by Gasteiger charge is 2.25. The maximum Gasteiger partial charge on any atom is 0.254 e. The molecule has 1 amide bonds. The fraction of sp³-hybridized carbons (Fsp3) is 0.556. The number of benzene rings is 1. The van der Waals surface area contributed by atoms with Crippen LogP contribution < -0.4 is 0 Å². The Bertz CT molecular complexity index is 522. The van der Waals surface area contributed by atoms with E-state index in [0.29, 0.717) is 12.0 Å². The number of ketones is 1. The molecule has 3 nitrogen and oxygen atoms in total. The normalized spacial score (nSPS) is 15.9. The maximum atomic E-state index is 12.7. The molecule has 0 unspecified atom stereocenters. The van der Waals surface area contributed by atoms with Crippen molar-refractivity contribution in [3.8, 4) is 0 Å². The molecule has 0 bridgehead atoms. The third-order valence-electron chi connectivity index (χ3n) is 4.08. The number of likely N-dealkylation sites (tertiary alicyclic amines) is 1. The Kier molecular flexibility index (Phi) is 4.81. The van der Waals surface area contributed by atoms with Crippen LogP contribution in [0.2, 0.25) is 0 Å². The van der Waals surface area contributed by atoms with Crippen molar-refractivity contribution >= 4 is 11.7 Å². The first kappa shape index (κ1) is 15.7. The van der Waals surface area contributed by atoms with Crippen molar-refractivity contribution in [2.75, 3.05) is 13.1 Å². The van der Waals surface area contributed by atoms with Gasteiger partial charge in [0.15, 0.2) is 0 Å². The number of hydrogen-bond acceptors (Lipinski definition) is 2. The summed E-state index contributed by atoms with van der Waals surface area (Å²) in [6.45, 7) is 7.43. The maximum absolute atomic E-state index is 12.7. The van der Waals surface area contributed by atoms with Crippen molar-refractivity contribution in [3.05, 3.63) is 35.4 Å². The molecule has 1 heterocycles. The van der Waals surface area contributed by atoms with Crippen LogP contribution >= 0.6 is 0 Å². The van der Waals surface area contributed by atoms with Gasteiger partial charge < -0.3 is 4.90 Å². The Labute approximate surface area is 127 Å². The fourth-order valence-corrected chi connectivity index (χ4v) is 2.59. The molecule has 0 saturated carbocycles. The summed E-state index contributed by atoms with van der Waals surface area (Å²) in [5.74, 6) is 0.244. The highest BCUT2D eigenvalue weighted by molar-refractivity contribution is 5.97. The standard InChI is InChI=1S/C18H25NO2/c1-18(2,3)16(20)13-14-9-5-6-10-15(14)17(21)19-11-7-4-8-12-19/h5-6,9-10H,4,7-8,11-13H2,1-3H3. The molecule has 1 fully saturated rings. The van der Waals surface area contributed by atoms with Crippen LogP contribution in [0.4, 0.5) is 0 Å². The summed E-state index contributed by atoms with van der Waals surface area (Å²) in [7, 11) is 0. The van der Waals surface area contributed by atoms with E-state index in [2.05, 4.69) is 0 Å². The average molecular weight is 287 g/mol. The molecule has 1 aliphatic rings. The quantitative estimate of drug-likeness (QED) is 0.853. The predicted molar refractivity (Wildman–Crippen MR) is 84.4 cm³/mol. The van der Waals surface area contributed by atoms with E-state index in [0.717, 1.165) is 31.5 Å². The molecule has 0 atom stereocenters. The minimum Gasteiger partial charge on any atom is -0.339 e. The minimum absolute atomic E-state index is 0.0759. The Morgan fingerprint density at radius 1 is 1.05 bits per heavy atom. The highest BCUT2D eigenvalue weighted by Crippen LogP contribution is 2.21. The topological polar surface area (TPSA) is 37.4 Å². The number of Topliss-reactive ketones (excluding diaryl/α,β-unsaturated/α-hetero) is 1. The van der Waals surface area contributed by atoms with Crippen LogP contribution in [0.3, 0.4) is 0 Å². The molecular weight excluding hydrogens is 262 g/mol. The van der Waals surface area contributed by atoms with Crippen LogP contribution in [-0.4, -0.2) is 29.7 Å². The third-order valence-corrected chi connectivity index (χ3v) is 4.08. The lowest BCUT2D eigenvalue weighted by Crippen LogP contribution is -2.36. The molecule has 114 valence electrons. The summed E-state index contributed by atoms with van der Waals surface area (Å²) < 4.78 is 0. The second-order valence-electron chi connectivity index (χ2n) is 6.86. The Hall–Kier alpha value is -1.64. The molecule has 1 saturated heterocycles. The van der Waals surface area contributed by atoms with Crippen molar-refractivity contribution in [1.29, 1.82) is 0 Å². The van der Waals surface area contributed by atoms with Gasteiger partial charge in [-0.1, -0.05) is 39.0 Å². The van der Waals surface area contributed by atoms with Crippen LogP contribution in [0.25, 0.3) is 0 Å². The van der Waals surface area contributed by atoms with E-state index in [9.17, 15) is 9.59 Å². The summed E-state index contributed by atoms with van der Waals surface area (Å²) in [4.78, 5) is 26.8. The second kappa shape index (κ2) is 6.42. The number of amides is 1. The van der Waals surface area contributed by atoms with Gasteiger partial charge in [-0.05, 0) is 30.9 Å². The van der Waals surface area contributed by atoms with Gasteiger partial charge in [-0.15, -0.1) is 0 Å². The Morgan fingerprint density at radius 2 is 1.67 bits per heavy atom. The van der Waals surface area contributed by atoms with E-state index in [1.165, 1.54) is 6.42 Å². The first-order valence-electron chi connectivity index (χ1n) is 7.80. The first-order valence-corrected chi connectivity index (χ1v) is 7.80. The van der Waals surface area contributed by atoms with E-state index >= 15 is 0 Å². The van der Waals surface area contributed by atoms with Gasteiger partial charge in [-0.25, -0.2) is 0 Å². The first-order chi connectivity index (χ1) is 9.89. The molecular formula is C18H25NO2. The zero-order chi connectivity index (χ0) is 15.5. The highest BCUT2D eigenvalue weighted by atomic mass is 16.2. The third kappa shape index (κ3) is 3.93. The molecule has 0 N–H and O–H groups in total. The molecule has 0 aromatic heterocycles. The van der Waals surface area contributed by atoms with Gasteiger partial charge in [0.25, 0.3) is 5.91 Å². The van der Waals surface area contributed by atoms with Crippen LogP contribution in [0.5, 0.6) is 0 Å². The van der Waals surface area contributed by atoms with Crippen LogP contribution in [0.15, 0.2) is 24.3 Å². The predicted octanol–water partition coefficient (Wildman–Crippen LogP) is 3.47. The van der Waals surface area contributed by atoms with Gasteiger partial charge in [0.2, 0.25) is 0 Å². The molecule has 0 radical (unpaired) electrons. The van der Waals surface area contributed by atoms with E-state index < -0.39 is 0 Å². The van der Waals surface area contributed by atoms with Crippen molar-refractivity contribution in [1.82, 2.24) is 4.90 Å². The molecule has 3 heteroatoms. The number of nitrogens with zero attached hydrogens (tertiary/aromatic N) is 1. The van der Waals surface area contributed by atoms with Crippen molar-refractivity contribution in [3.63, 3.8) is 0 Å². The van der Waals surface area contributed by atoms with Gasteiger partial charge in [0, 0.05) is 30.5 Å². The zero-order valence-electron chi connectivity index (χ0n) is 13.3. The molecule has 1 aliphatic heterocycles. The molecule has 2 rings (SSSR count). The van der Waals surface area contributed by atoms with E-state index in [-0.39, 0.29) is 17.1 Å². The van der Waals surface area contributed by atoms with Crippen LogP contribution in [-0.2, 0) is 11.2 Å². The van der Waals surface area contributed by atoms with Gasteiger partial charge in [-0.2, -0.15) is 0 Å². The fourth-order valence-electron chi connectivity index (χ4n) is 2.59. The Morgan fingerprint density at radius 3 is 2.29 bits per heavy atom. The second-order valence-corrected chi connectivity index (χ2v) is 6.86. The van der Waals surface area contributed by atoms with Crippen LogP contribution in [0, 0.1) is 5.41 Å². The van der Waals surface area contributed by atoms with Crippen molar-refractivity contribution in [2.45, 2.75) is 46.5 Å². The van der Waals surface area contributed by atoms with Gasteiger partial charge >= 0.3 is 0 Å². The van der Waals surface area contributed by atoms with Crippen molar-refractivity contribution in [2.24, 2.45) is 5.41 Å². The van der Waals surface area contributed by atoms with Gasteiger partial charge in [0.1, 0.15) is 5.78 Å². The minimum atomic E-state index is -0.374. The van der Waals surface area contributed by atoms with E-state index in [1.807, 2.05) is 49.9 Å². The summed E-state index contributed by atoms with van der Waals surface area (Å²) in [5.41, 5.74) is 1.17. The number of piperidine rings is 1. The number of carbonyl (C=O) groups is 2. The lowest BCUT2D eigenvalue weighted by atomic mass is 9.86. The Balaban J connectivity index is 2.20. The zero-order valence-corrected chi connectivity index (χ0v) is 13.3. The lowest BCUT2D eigenvalue weighted by molar-refractivity contribution is -0.125. The van der Waals surface area contributed by atoms with Gasteiger partial charge in [-0.3, -0.25) is 9.59 Å². The molecule has 0 aliphatic carbocycles. The summed E-state index contributed by atoms with van der Waals surface area (Å²) in [6, 6.07) is 7.53. The smallest absolute Gasteiger partial charge is 0.254 e. The monoisotopic (exact) mass is 287 g/mol. The largest absolute Gasteiger partial charge is 0.339 e. The molecule has 0 spiro atoms. The number of hydrogen-bond donors (Lipinski definition) is 0. The summed E-state index contributed by atoms with van der Waals surface area (Å²) >= 11 is 0. The number of carbonyl (C=O) groups excluding carboxylic acids is 2. The van der Waals surface area contributed by atoms with E-state index in [4.69, 9.17) is 0 Å². The van der Waals surface area contributed by atoms with Crippen molar-refractivity contribution < 1.29 is 9.59 Å². The molecule has 1 aromatic rings.